The maximum atomic E-state index is 11.8. The van der Waals surface area contributed by atoms with Gasteiger partial charge in [0, 0.05) is 45.3 Å². The van der Waals surface area contributed by atoms with E-state index in [2.05, 4.69) is 29.0 Å². The number of benzene rings is 1. The van der Waals surface area contributed by atoms with Crippen LogP contribution in [-0.4, -0.2) is 50.6 Å². The first-order chi connectivity index (χ1) is 10.0. The molecule has 1 aliphatic heterocycles. The lowest BCUT2D eigenvalue weighted by atomic mass is 10.1. The van der Waals surface area contributed by atoms with Crippen LogP contribution in [0.25, 0.3) is 0 Å². The minimum atomic E-state index is -0.0744. The second-order valence-electron chi connectivity index (χ2n) is 6.03. The van der Waals surface area contributed by atoms with E-state index < -0.39 is 0 Å². The molecule has 116 valence electrons. The monoisotopic (exact) mass is 290 g/mol. The Balaban J connectivity index is 2.07. The highest BCUT2D eigenvalue weighted by Crippen LogP contribution is 2.26. The van der Waals surface area contributed by atoms with E-state index in [4.69, 9.17) is 5.73 Å². The van der Waals surface area contributed by atoms with Gasteiger partial charge in [-0.15, -0.1) is 0 Å². The van der Waals surface area contributed by atoms with Crippen LogP contribution in [0, 0.1) is 5.92 Å². The van der Waals surface area contributed by atoms with Crippen LogP contribution in [-0.2, 0) is 0 Å². The summed E-state index contributed by atoms with van der Waals surface area (Å²) in [4.78, 5) is 16.5. The quantitative estimate of drug-likeness (QED) is 0.823. The van der Waals surface area contributed by atoms with Crippen molar-refractivity contribution >= 4 is 17.3 Å². The van der Waals surface area contributed by atoms with Crippen LogP contribution in [0.5, 0.6) is 0 Å². The fourth-order valence-corrected chi connectivity index (χ4v) is 2.79. The molecule has 0 saturated carbocycles. The summed E-state index contributed by atoms with van der Waals surface area (Å²) < 4.78 is 0. The Kier molecular flexibility index (Phi) is 5.07. The maximum Gasteiger partial charge on any atom is 0.251 e. The molecule has 0 aromatic heterocycles. The zero-order chi connectivity index (χ0) is 15.4. The first-order valence-corrected chi connectivity index (χ1v) is 7.60. The first-order valence-electron chi connectivity index (χ1n) is 7.60. The van der Waals surface area contributed by atoms with E-state index >= 15 is 0 Å². The lowest BCUT2D eigenvalue weighted by Crippen LogP contribution is -2.47. The third-order valence-electron chi connectivity index (χ3n) is 3.86. The Labute approximate surface area is 127 Å². The van der Waals surface area contributed by atoms with Crippen LogP contribution in [0.15, 0.2) is 18.2 Å². The molecule has 1 saturated heterocycles. The number of amides is 1. The zero-order valence-electron chi connectivity index (χ0n) is 13.2. The van der Waals surface area contributed by atoms with Crippen molar-refractivity contribution in [2.45, 2.75) is 13.8 Å². The molecule has 1 heterocycles. The van der Waals surface area contributed by atoms with Gasteiger partial charge >= 0.3 is 0 Å². The van der Waals surface area contributed by atoms with Gasteiger partial charge in [0.05, 0.1) is 11.4 Å². The van der Waals surface area contributed by atoms with Gasteiger partial charge in [0.1, 0.15) is 0 Å². The number of nitrogen functional groups attached to an aromatic ring is 1. The summed E-state index contributed by atoms with van der Waals surface area (Å²) in [6.07, 6.45) is 0. The Morgan fingerprint density at radius 3 is 2.52 bits per heavy atom. The molecule has 0 unspecified atom stereocenters. The molecular weight excluding hydrogens is 264 g/mol. The molecule has 1 amide bonds. The van der Waals surface area contributed by atoms with Crippen LogP contribution in [0.1, 0.15) is 24.2 Å². The van der Waals surface area contributed by atoms with Crippen molar-refractivity contribution in [1.82, 2.24) is 10.2 Å². The van der Waals surface area contributed by atoms with Crippen LogP contribution in [0.3, 0.4) is 0 Å². The van der Waals surface area contributed by atoms with E-state index in [-0.39, 0.29) is 5.91 Å². The van der Waals surface area contributed by atoms with Gasteiger partial charge in [-0.3, -0.25) is 9.69 Å². The Hall–Kier alpha value is -1.75. The van der Waals surface area contributed by atoms with Crippen LogP contribution >= 0.6 is 0 Å². The molecule has 2 rings (SSSR count). The van der Waals surface area contributed by atoms with E-state index in [1.54, 1.807) is 13.1 Å². The summed E-state index contributed by atoms with van der Waals surface area (Å²) in [5.41, 5.74) is 8.46. The number of hydrogen-bond acceptors (Lipinski definition) is 4. The molecule has 0 aliphatic carbocycles. The fourth-order valence-electron chi connectivity index (χ4n) is 2.79. The Bertz CT molecular complexity index is 493. The van der Waals surface area contributed by atoms with E-state index in [1.165, 1.54) is 0 Å². The summed E-state index contributed by atoms with van der Waals surface area (Å²) in [5.74, 6) is 0.618. The van der Waals surface area contributed by atoms with Crippen molar-refractivity contribution in [3.05, 3.63) is 23.8 Å². The van der Waals surface area contributed by atoms with Gasteiger partial charge in [-0.25, -0.2) is 0 Å². The smallest absolute Gasteiger partial charge is 0.251 e. The average molecular weight is 290 g/mol. The molecule has 1 aliphatic rings. The number of nitrogens with zero attached hydrogens (tertiary/aromatic N) is 2. The van der Waals surface area contributed by atoms with Gasteiger partial charge in [0.25, 0.3) is 5.91 Å². The number of carbonyl (C=O) groups is 1. The normalized spacial score (nSPS) is 16.3. The van der Waals surface area contributed by atoms with E-state index in [1.807, 2.05) is 12.1 Å². The largest absolute Gasteiger partial charge is 0.397 e. The molecular formula is C16H26N4O. The molecule has 0 spiro atoms. The molecule has 0 bridgehead atoms. The number of hydrogen-bond donors (Lipinski definition) is 2. The van der Waals surface area contributed by atoms with Crippen LogP contribution in [0.4, 0.5) is 11.4 Å². The summed E-state index contributed by atoms with van der Waals surface area (Å²) in [5, 5.41) is 2.65. The van der Waals surface area contributed by atoms with Crippen LogP contribution < -0.4 is 16.0 Å². The van der Waals surface area contributed by atoms with Crippen LogP contribution in [0.2, 0.25) is 0 Å². The summed E-state index contributed by atoms with van der Waals surface area (Å²) in [6.45, 7) is 9.63. The van der Waals surface area contributed by atoms with Crippen molar-refractivity contribution in [2.75, 3.05) is 50.4 Å². The highest BCUT2D eigenvalue weighted by atomic mass is 16.1. The second kappa shape index (κ2) is 6.80. The molecule has 5 heteroatoms. The van der Waals surface area contributed by atoms with Crippen molar-refractivity contribution in [3.8, 4) is 0 Å². The van der Waals surface area contributed by atoms with Gasteiger partial charge in [0.2, 0.25) is 0 Å². The average Bonchev–Trinajstić information content (AvgIpc) is 2.47. The molecule has 1 fully saturated rings. The number of nitrogens with two attached hydrogens (primary N) is 1. The summed E-state index contributed by atoms with van der Waals surface area (Å²) in [6, 6.07) is 5.49. The molecule has 3 N–H and O–H groups in total. The molecule has 21 heavy (non-hydrogen) atoms. The predicted molar refractivity (Wildman–Crippen MR) is 87.7 cm³/mol. The molecule has 0 atom stereocenters. The second-order valence-corrected chi connectivity index (χ2v) is 6.03. The number of nitrogens with one attached hydrogen (secondary N) is 1. The van der Waals surface area contributed by atoms with Gasteiger partial charge in [-0.05, 0) is 24.1 Å². The lowest BCUT2D eigenvalue weighted by Gasteiger charge is -2.37. The van der Waals surface area contributed by atoms with E-state index in [0.29, 0.717) is 11.5 Å². The van der Waals surface area contributed by atoms with Gasteiger partial charge in [0.15, 0.2) is 0 Å². The minimum Gasteiger partial charge on any atom is -0.397 e. The zero-order valence-corrected chi connectivity index (χ0v) is 13.2. The first kappa shape index (κ1) is 15.6. The summed E-state index contributed by atoms with van der Waals surface area (Å²) in [7, 11) is 1.64. The number of piperazine rings is 1. The van der Waals surface area contributed by atoms with E-state index in [9.17, 15) is 4.79 Å². The lowest BCUT2D eigenvalue weighted by molar-refractivity contribution is 0.0963. The fraction of sp³-hybridized carbons (Fsp3) is 0.562. The van der Waals surface area contributed by atoms with Crippen molar-refractivity contribution in [2.24, 2.45) is 5.92 Å². The van der Waals surface area contributed by atoms with Gasteiger partial charge in [-0.2, -0.15) is 0 Å². The topological polar surface area (TPSA) is 61.6 Å². The van der Waals surface area contributed by atoms with E-state index in [0.717, 1.165) is 44.1 Å². The molecule has 1 aromatic carbocycles. The molecule has 5 nitrogen and oxygen atoms in total. The third-order valence-corrected chi connectivity index (χ3v) is 3.86. The van der Waals surface area contributed by atoms with Crippen molar-refractivity contribution < 1.29 is 4.79 Å². The predicted octanol–water partition coefficient (Wildman–Crippen LogP) is 1.41. The molecule has 1 aromatic rings. The number of anilines is 2. The van der Waals surface area contributed by atoms with Crippen molar-refractivity contribution in [1.29, 1.82) is 0 Å². The summed E-state index contributed by atoms with van der Waals surface area (Å²) >= 11 is 0. The number of carbonyl (C=O) groups excluding carboxylic acids is 1. The minimum absolute atomic E-state index is 0.0744. The Morgan fingerprint density at radius 1 is 1.29 bits per heavy atom. The third kappa shape index (κ3) is 3.88. The van der Waals surface area contributed by atoms with Gasteiger partial charge < -0.3 is 16.0 Å². The highest BCUT2D eigenvalue weighted by molar-refractivity contribution is 5.96. The number of rotatable bonds is 4. The maximum absolute atomic E-state index is 11.8. The highest BCUT2D eigenvalue weighted by Gasteiger charge is 2.20. The SMILES string of the molecule is CNC(=O)c1ccc(N)c(N2CCN(CC(C)C)CC2)c1. The Morgan fingerprint density at radius 2 is 1.95 bits per heavy atom. The van der Waals surface area contributed by atoms with Crippen molar-refractivity contribution in [3.63, 3.8) is 0 Å². The van der Waals surface area contributed by atoms with Gasteiger partial charge in [-0.1, -0.05) is 13.8 Å². The standard InChI is InChI=1S/C16H26N4O/c1-12(2)11-19-6-8-20(9-7-19)15-10-13(16(21)18-3)4-5-14(15)17/h4-5,10,12H,6-9,11,17H2,1-3H3,(H,18,21). The molecule has 0 radical (unpaired) electrons.